The van der Waals surface area contributed by atoms with E-state index in [0.29, 0.717) is 22.3 Å². The molecular formula is C89H97N3S2. The number of unbranched alkanes of at least 4 members (excludes halogenated alkanes) is 20. The maximum Gasteiger partial charge on any atom is 0.0999 e. The third-order valence-electron chi connectivity index (χ3n) is 21.7. The van der Waals surface area contributed by atoms with Gasteiger partial charge in [0, 0.05) is 36.6 Å². The number of nitrogens with zero attached hydrogens (tertiary/aromatic N) is 3. The van der Waals surface area contributed by atoms with Crippen molar-refractivity contribution >= 4 is 52.2 Å². The number of thiophene rings is 2. The van der Waals surface area contributed by atoms with E-state index in [4.69, 9.17) is 0 Å². The predicted octanol–water partition coefficient (Wildman–Crippen LogP) is 27.7. The monoisotopic (exact) mass is 1270 g/mol. The number of fused-ring (bicyclic) bond motifs is 11. The highest BCUT2D eigenvalue weighted by Gasteiger charge is 2.44. The van der Waals surface area contributed by atoms with Crippen LogP contribution in [0.1, 0.15) is 258 Å². The second-order valence-corrected chi connectivity index (χ2v) is 30.3. The van der Waals surface area contributed by atoms with Crippen molar-refractivity contribution in [1.29, 1.82) is 15.8 Å². The Balaban J connectivity index is 1.01. The van der Waals surface area contributed by atoms with Gasteiger partial charge in [0.15, 0.2) is 0 Å². The number of hydrogen-bond donors (Lipinski definition) is 0. The van der Waals surface area contributed by atoms with E-state index in [1.165, 1.54) is 250 Å². The number of benzene rings is 8. The van der Waals surface area contributed by atoms with E-state index >= 15 is 0 Å². The molecule has 0 spiro atoms. The van der Waals surface area contributed by atoms with E-state index in [1.807, 2.05) is 22.7 Å². The van der Waals surface area contributed by atoms with Gasteiger partial charge in [0.2, 0.25) is 0 Å². The Labute approximate surface area is 570 Å². The van der Waals surface area contributed by atoms with Gasteiger partial charge in [-0.15, -0.1) is 22.7 Å². The Morgan fingerprint density at radius 2 is 0.638 bits per heavy atom. The summed E-state index contributed by atoms with van der Waals surface area (Å²) in [5.74, 6) is 0. The first-order chi connectivity index (χ1) is 46.1. The standard InChI is InChI=1S/C89H97N3S2/c1-7-11-15-19-23-27-43-88(44-28-24-20-16-12-8-2)79-47-61(5)31-37-73(79)74-40-34-65(55-81(74)88)68-51-69(53-70(52-68)85-71(59-91)49-63(58-90)50-72(85)60-92)66-35-41-76-75-39-33-64(67-36-42-78-84(57-67)94-86-77-38-32-62(6)48-83(77)93-87(78)86)54-80(75)89(82(76)56-66,45-29-25-21-17-13-9-3)46-30-26-22-18-14-10-4/h31-42,47-57H,7-30,43-46H2,1-6H3. The zero-order chi connectivity index (χ0) is 65.2. The number of hydrogen-bond acceptors (Lipinski definition) is 5. The molecule has 0 bridgehead atoms. The molecule has 94 heavy (non-hydrogen) atoms. The molecule has 0 saturated heterocycles. The zero-order valence-corrected chi connectivity index (χ0v) is 58.9. The highest BCUT2D eigenvalue weighted by Crippen LogP contribution is 2.58. The summed E-state index contributed by atoms with van der Waals surface area (Å²) >= 11 is 3.89. The Morgan fingerprint density at radius 1 is 0.309 bits per heavy atom. The third-order valence-corrected chi connectivity index (χ3v) is 24.2. The summed E-state index contributed by atoms with van der Waals surface area (Å²) in [4.78, 5) is 0. The zero-order valence-electron chi connectivity index (χ0n) is 57.2. The molecule has 480 valence electrons. The normalized spacial score (nSPS) is 13.3. The van der Waals surface area contributed by atoms with Crippen LogP contribution in [0.2, 0.25) is 0 Å². The van der Waals surface area contributed by atoms with Gasteiger partial charge in [-0.25, -0.2) is 0 Å². The van der Waals surface area contributed by atoms with Gasteiger partial charge in [0.25, 0.3) is 0 Å². The quantitative estimate of drug-likeness (QED) is 0.0395. The van der Waals surface area contributed by atoms with Crippen LogP contribution < -0.4 is 0 Å². The Kier molecular flexibility index (Phi) is 21.5. The molecule has 0 atom stereocenters. The molecule has 2 heterocycles. The maximum absolute atomic E-state index is 11.0. The highest BCUT2D eigenvalue weighted by atomic mass is 32.1. The van der Waals surface area contributed by atoms with Gasteiger partial charge in [-0.2, -0.15) is 15.8 Å². The van der Waals surface area contributed by atoms with E-state index in [1.54, 1.807) is 12.1 Å². The summed E-state index contributed by atoms with van der Waals surface area (Å²) < 4.78 is 5.54. The smallest absolute Gasteiger partial charge is 0.0999 e. The Hall–Kier alpha value is -7.59. The maximum atomic E-state index is 11.0. The van der Waals surface area contributed by atoms with Crippen LogP contribution in [0.15, 0.2) is 140 Å². The lowest BCUT2D eigenvalue weighted by molar-refractivity contribution is 0.398. The minimum absolute atomic E-state index is 0.107. The molecule has 3 nitrogen and oxygen atoms in total. The average Bonchev–Trinajstić information content (AvgIpc) is 1.55. The molecule has 0 N–H and O–H groups in total. The molecule has 2 aliphatic rings. The van der Waals surface area contributed by atoms with Crippen molar-refractivity contribution in [3.05, 3.63) is 190 Å². The lowest BCUT2D eigenvalue weighted by Gasteiger charge is -2.33. The van der Waals surface area contributed by atoms with Crippen molar-refractivity contribution in [2.75, 3.05) is 0 Å². The fourth-order valence-electron chi connectivity index (χ4n) is 16.6. The van der Waals surface area contributed by atoms with E-state index in [0.717, 1.165) is 53.5 Å². The molecule has 8 aromatic carbocycles. The lowest BCUT2D eigenvalue weighted by Crippen LogP contribution is -2.25. The molecule has 0 radical (unpaired) electrons. The molecule has 12 rings (SSSR count). The molecule has 0 unspecified atom stereocenters. The number of aryl methyl sites for hydroxylation is 2. The van der Waals surface area contributed by atoms with E-state index in [2.05, 4.69) is 187 Å². The van der Waals surface area contributed by atoms with Gasteiger partial charge in [0.1, 0.15) is 0 Å². The largest absolute Gasteiger partial charge is 0.192 e. The van der Waals surface area contributed by atoms with E-state index in [9.17, 15) is 15.8 Å². The van der Waals surface area contributed by atoms with Gasteiger partial charge in [-0.1, -0.05) is 266 Å². The van der Waals surface area contributed by atoms with Crippen molar-refractivity contribution in [2.24, 2.45) is 0 Å². The topological polar surface area (TPSA) is 71.4 Å². The first kappa shape index (κ1) is 66.4. The van der Waals surface area contributed by atoms with E-state index in [-0.39, 0.29) is 10.8 Å². The van der Waals surface area contributed by atoms with Crippen molar-refractivity contribution in [1.82, 2.24) is 0 Å². The van der Waals surface area contributed by atoms with Gasteiger partial charge < -0.3 is 0 Å². The predicted molar refractivity (Wildman–Crippen MR) is 404 cm³/mol. The van der Waals surface area contributed by atoms with E-state index < -0.39 is 0 Å². The van der Waals surface area contributed by atoms with Crippen LogP contribution in [0.4, 0.5) is 0 Å². The Morgan fingerprint density at radius 3 is 1.06 bits per heavy atom. The fraction of sp³-hybridized carbons (Fsp3) is 0.404. The van der Waals surface area contributed by atoms with Crippen molar-refractivity contribution in [2.45, 2.75) is 232 Å². The number of rotatable bonds is 32. The molecule has 2 aliphatic carbocycles. The summed E-state index contributed by atoms with van der Waals surface area (Å²) in [6, 6.07) is 60.9. The van der Waals surface area contributed by atoms with Crippen LogP contribution in [0, 0.1) is 47.8 Å². The SMILES string of the molecule is CCCCCCCCC1(CCCCCCCC)c2cc(C)ccc2-c2ccc(-c3cc(-c4ccc5c(c4)C(CCCCCCCC)(CCCCCCCC)c4cc(-c6ccc7c(c6)sc6c8ccc(C)cc8sc76)ccc4-5)cc(-c4c(C#N)cc(C#N)cc4C#N)c3)cc21. The third kappa shape index (κ3) is 13.5. The minimum atomic E-state index is -0.197. The molecule has 10 aromatic rings. The molecule has 0 fully saturated rings. The molecular weight excluding hydrogens is 1180 g/mol. The van der Waals surface area contributed by atoms with Gasteiger partial charge in [-0.05, 0) is 189 Å². The van der Waals surface area contributed by atoms with Gasteiger partial charge >= 0.3 is 0 Å². The second kappa shape index (κ2) is 30.4. The van der Waals surface area contributed by atoms with Gasteiger partial charge in [0.05, 0.1) is 44.3 Å². The van der Waals surface area contributed by atoms with Gasteiger partial charge in [-0.3, -0.25) is 0 Å². The van der Waals surface area contributed by atoms with Crippen LogP contribution in [0.5, 0.6) is 0 Å². The summed E-state index contributed by atoms with van der Waals surface area (Å²) in [6.45, 7) is 13.7. The Bertz CT molecular complexity index is 4420. The van der Waals surface area contributed by atoms with Crippen LogP contribution in [0.25, 0.3) is 96.3 Å². The van der Waals surface area contributed by atoms with Crippen molar-refractivity contribution in [3.8, 4) is 85.0 Å². The van der Waals surface area contributed by atoms with Crippen LogP contribution in [-0.2, 0) is 10.8 Å². The summed E-state index contributed by atoms with van der Waals surface area (Å²) in [6.07, 6.45) is 34.6. The average molecular weight is 1270 g/mol. The second-order valence-electron chi connectivity index (χ2n) is 28.2. The molecule has 0 amide bonds. The molecule has 5 heteroatoms. The summed E-state index contributed by atoms with van der Waals surface area (Å²) in [7, 11) is 0. The van der Waals surface area contributed by atoms with Crippen molar-refractivity contribution < 1.29 is 0 Å². The first-order valence-electron chi connectivity index (χ1n) is 36.5. The molecule has 2 aromatic heterocycles. The summed E-state index contributed by atoms with van der Waals surface area (Å²) in [5, 5.41) is 34.9. The van der Waals surface area contributed by atoms with Crippen LogP contribution in [0.3, 0.4) is 0 Å². The van der Waals surface area contributed by atoms with Crippen molar-refractivity contribution in [3.63, 3.8) is 0 Å². The summed E-state index contributed by atoms with van der Waals surface area (Å²) in [5.41, 5.74) is 23.1. The fourth-order valence-corrected chi connectivity index (χ4v) is 19.4. The minimum Gasteiger partial charge on any atom is -0.192 e. The first-order valence-corrected chi connectivity index (χ1v) is 38.2. The highest BCUT2D eigenvalue weighted by molar-refractivity contribution is 7.36. The van der Waals surface area contributed by atoms with Crippen LogP contribution >= 0.6 is 22.7 Å². The number of nitriles is 3. The molecule has 0 aliphatic heterocycles. The van der Waals surface area contributed by atoms with Crippen LogP contribution in [-0.4, -0.2) is 0 Å². The lowest BCUT2D eigenvalue weighted by atomic mass is 9.69. The molecule has 0 saturated carbocycles.